The summed E-state index contributed by atoms with van der Waals surface area (Å²) in [5, 5.41) is 0.712. The van der Waals surface area contributed by atoms with Crippen LogP contribution in [0.1, 0.15) is 75.5 Å². The Morgan fingerprint density at radius 3 is 2.60 bits per heavy atom. The van der Waals surface area contributed by atoms with E-state index in [4.69, 9.17) is 25.8 Å². The maximum Gasteiger partial charge on any atom is 0.313 e. The van der Waals surface area contributed by atoms with Gasteiger partial charge in [0.2, 0.25) is 0 Å². The van der Waals surface area contributed by atoms with E-state index in [0.29, 0.717) is 22.9 Å². The Bertz CT molecular complexity index is 1220. The van der Waals surface area contributed by atoms with Crippen LogP contribution in [0.3, 0.4) is 0 Å². The number of carbonyl (C=O) groups excluding carboxylic acids is 3. The van der Waals surface area contributed by atoms with E-state index in [1.165, 1.54) is 12.7 Å². The summed E-state index contributed by atoms with van der Waals surface area (Å²) in [4.78, 5) is 39.5. The van der Waals surface area contributed by atoms with Gasteiger partial charge in [-0.15, -0.1) is 0 Å². The number of carbonyl (C=O) groups is 3. The molecular weight excluding hydrogens is 530 g/mol. The van der Waals surface area contributed by atoms with Crippen LogP contribution in [-0.4, -0.2) is 44.0 Å². The van der Waals surface area contributed by atoms with E-state index in [9.17, 15) is 14.4 Å². The van der Waals surface area contributed by atoms with E-state index in [1.54, 1.807) is 20.8 Å². The molecule has 2 aromatic rings. The maximum atomic E-state index is 12.9. The van der Waals surface area contributed by atoms with Crippen LogP contribution < -0.4 is 9.64 Å². The number of esters is 2. The lowest BCUT2D eigenvalue weighted by molar-refractivity contribution is -0.158. The van der Waals surface area contributed by atoms with E-state index in [-0.39, 0.29) is 18.3 Å². The van der Waals surface area contributed by atoms with Crippen molar-refractivity contribution in [2.45, 2.75) is 77.4 Å². The van der Waals surface area contributed by atoms with Gasteiger partial charge in [0.05, 0.1) is 25.1 Å². The van der Waals surface area contributed by atoms with E-state index in [2.05, 4.69) is 4.90 Å². The van der Waals surface area contributed by atoms with E-state index < -0.39 is 23.5 Å². The number of rotatable bonds is 7. The molecule has 3 atom stereocenters. The molecule has 1 heterocycles. The summed E-state index contributed by atoms with van der Waals surface area (Å²) < 4.78 is 17.0. The number of fused-ring (bicyclic) bond motifs is 2. The number of methoxy groups -OCH3 is 1. The number of aldehydes is 1. The quantitative estimate of drug-likeness (QED) is 0.287. The molecule has 0 radical (unpaired) electrons. The average Bonchev–Trinajstić information content (AvgIpc) is 2.91. The predicted octanol–water partition coefficient (Wildman–Crippen LogP) is 6.28. The van der Waals surface area contributed by atoms with Crippen molar-refractivity contribution in [2.75, 3.05) is 25.1 Å². The van der Waals surface area contributed by atoms with Crippen LogP contribution in [0.25, 0.3) is 0 Å². The van der Waals surface area contributed by atoms with Crippen LogP contribution in [0.2, 0.25) is 5.02 Å². The SMILES string of the molecule is COC(=O)[C@@H](CC(=O)OC(C)(C)C)c1ccc2c(c1)N(C[C@@H]1CC[C@H]1C=O)CCCCc1cc(Cl)ccc1CO2. The fourth-order valence-electron chi connectivity index (χ4n) is 5.49. The average molecular weight is 570 g/mol. The highest BCUT2D eigenvalue weighted by Gasteiger charge is 2.34. The number of ether oxygens (including phenoxy) is 3. The van der Waals surface area contributed by atoms with Gasteiger partial charge >= 0.3 is 11.9 Å². The lowest BCUT2D eigenvalue weighted by Gasteiger charge is -2.38. The Labute approximate surface area is 242 Å². The number of anilines is 1. The molecule has 0 N–H and O–H groups in total. The summed E-state index contributed by atoms with van der Waals surface area (Å²) in [6, 6.07) is 11.5. The van der Waals surface area contributed by atoms with Gasteiger partial charge in [-0.25, -0.2) is 0 Å². The largest absolute Gasteiger partial charge is 0.487 e. The normalized spacial score (nSPS) is 20.0. The van der Waals surface area contributed by atoms with Gasteiger partial charge in [-0.1, -0.05) is 23.7 Å². The second-order valence-electron chi connectivity index (χ2n) is 11.8. The first kappa shape index (κ1) is 29.9. The lowest BCUT2D eigenvalue weighted by Crippen LogP contribution is -2.39. The highest BCUT2D eigenvalue weighted by molar-refractivity contribution is 6.30. The molecular formula is C32H40ClNO6. The fourth-order valence-corrected chi connectivity index (χ4v) is 5.68. The lowest BCUT2D eigenvalue weighted by atomic mass is 9.74. The number of benzene rings is 2. The zero-order chi connectivity index (χ0) is 28.9. The molecule has 0 bridgehead atoms. The second kappa shape index (κ2) is 13.1. The van der Waals surface area contributed by atoms with Gasteiger partial charge in [0.25, 0.3) is 0 Å². The zero-order valence-corrected chi connectivity index (χ0v) is 24.7. The second-order valence-corrected chi connectivity index (χ2v) is 12.3. The number of nitrogens with zero attached hydrogens (tertiary/aromatic N) is 1. The van der Waals surface area contributed by atoms with Crippen LogP contribution in [-0.2, 0) is 36.9 Å². The molecule has 1 aliphatic heterocycles. The van der Waals surface area contributed by atoms with E-state index >= 15 is 0 Å². The summed E-state index contributed by atoms with van der Waals surface area (Å²) in [6.07, 6.45) is 5.67. The fraction of sp³-hybridized carbons (Fsp3) is 0.531. The molecule has 216 valence electrons. The topological polar surface area (TPSA) is 82.1 Å². The Hall–Kier alpha value is -3.06. The molecule has 7 nitrogen and oxygen atoms in total. The molecule has 0 unspecified atom stereocenters. The molecule has 1 fully saturated rings. The predicted molar refractivity (Wildman–Crippen MR) is 155 cm³/mol. The summed E-state index contributed by atoms with van der Waals surface area (Å²) in [5.74, 6) is -0.763. The monoisotopic (exact) mass is 569 g/mol. The molecule has 0 saturated heterocycles. The standard InChI is InChI=1S/C32H40ClNO6/c1-32(2,3)40-30(36)17-27(31(37)38-4)22-11-13-29-28(16-22)34(18-23-8-9-24(23)19-35)14-6-5-7-21-15-26(33)12-10-25(21)20-39-29/h10-13,15-16,19,23-24,27H,5-9,14,17-18,20H2,1-4H3/t23-,24-,27-/m0/s1. The number of aryl methyl sites for hydroxylation is 1. The third kappa shape index (κ3) is 7.57. The number of halogens is 1. The van der Waals surface area contributed by atoms with Gasteiger partial charge < -0.3 is 23.9 Å². The summed E-state index contributed by atoms with van der Waals surface area (Å²) in [6.45, 7) is 7.26. The highest BCUT2D eigenvalue weighted by atomic mass is 35.5. The molecule has 0 spiro atoms. The van der Waals surface area contributed by atoms with Crippen molar-refractivity contribution in [3.05, 3.63) is 58.1 Å². The minimum Gasteiger partial charge on any atom is -0.487 e. The minimum absolute atomic E-state index is 0.0621. The van der Waals surface area contributed by atoms with Crippen molar-refractivity contribution in [1.82, 2.24) is 0 Å². The smallest absolute Gasteiger partial charge is 0.313 e. The van der Waals surface area contributed by atoms with Gasteiger partial charge in [-0.3, -0.25) is 9.59 Å². The van der Waals surface area contributed by atoms with Crippen LogP contribution in [0.5, 0.6) is 5.75 Å². The Morgan fingerprint density at radius 2 is 1.93 bits per heavy atom. The van der Waals surface area contributed by atoms with Crippen molar-refractivity contribution in [1.29, 1.82) is 0 Å². The molecule has 0 aromatic heterocycles. The van der Waals surface area contributed by atoms with Crippen molar-refractivity contribution in [3.8, 4) is 5.75 Å². The van der Waals surface area contributed by atoms with Crippen molar-refractivity contribution in [3.63, 3.8) is 0 Å². The van der Waals surface area contributed by atoms with Crippen LogP contribution in [0.15, 0.2) is 36.4 Å². The van der Waals surface area contributed by atoms with Crippen LogP contribution in [0, 0.1) is 11.8 Å². The molecule has 0 amide bonds. The van der Waals surface area contributed by atoms with Gasteiger partial charge in [-0.05, 0) is 99.7 Å². The molecule has 1 saturated carbocycles. The van der Waals surface area contributed by atoms with Crippen molar-refractivity contribution < 1.29 is 28.6 Å². The summed E-state index contributed by atoms with van der Waals surface area (Å²) in [7, 11) is 1.32. The third-order valence-corrected chi connectivity index (χ3v) is 8.02. The van der Waals surface area contributed by atoms with Crippen molar-refractivity contribution >= 4 is 35.5 Å². The molecule has 2 aliphatic rings. The Kier molecular flexibility index (Phi) is 9.77. The van der Waals surface area contributed by atoms with E-state index in [0.717, 1.165) is 62.7 Å². The van der Waals surface area contributed by atoms with E-state index in [1.807, 2.05) is 36.4 Å². The summed E-state index contributed by atoms with van der Waals surface area (Å²) >= 11 is 6.29. The number of hydrogen-bond acceptors (Lipinski definition) is 7. The zero-order valence-electron chi connectivity index (χ0n) is 23.9. The Morgan fingerprint density at radius 1 is 1.12 bits per heavy atom. The van der Waals surface area contributed by atoms with Crippen LogP contribution >= 0.6 is 11.6 Å². The highest BCUT2D eigenvalue weighted by Crippen LogP contribution is 2.39. The van der Waals surface area contributed by atoms with Gasteiger partial charge in [0.15, 0.2) is 0 Å². The van der Waals surface area contributed by atoms with Gasteiger partial charge in [-0.2, -0.15) is 0 Å². The number of hydrogen-bond donors (Lipinski definition) is 0. The van der Waals surface area contributed by atoms with Crippen LogP contribution in [0.4, 0.5) is 5.69 Å². The minimum atomic E-state index is -0.820. The first-order chi connectivity index (χ1) is 19.1. The maximum absolute atomic E-state index is 12.9. The summed E-state index contributed by atoms with van der Waals surface area (Å²) in [5.41, 5.74) is 3.12. The first-order valence-electron chi connectivity index (χ1n) is 14.1. The third-order valence-electron chi connectivity index (χ3n) is 7.78. The van der Waals surface area contributed by atoms with Crippen molar-refractivity contribution in [2.24, 2.45) is 11.8 Å². The first-order valence-corrected chi connectivity index (χ1v) is 14.5. The molecule has 1 aliphatic carbocycles. The Balaban J connectivity index is 1.70. The van der Waals surface area contributed by atoms with Gasteiger partial charge in [0.1, 0.15) is 24.2 Å². The molecule has 8 heteroatoms. The molecule has 40 heavy (non-hydrogen) atoms. The molecule has 2 aromatic carbocycles. The van der Waals surface area contributed by atoms with Gasteiger partial charge in [0, 0.05) is 24.0 Å². The molecule has 4 rings (SSSR count).